The summed E-state index contributed by atoms with van der Waals surface area (Å²) in [5, 5.41) is 5.50. The number of carbonyl (C=O) groups is 2. The van der Waals surface area contributed by atoms with Gasteiger partial charge in [0.2, 0.25) is 0 Å². The van der Waals surface area contributed by atoms with Crippen LogP contribution in [0, 0.1) is 19.8 Å². The van der Waals surface area contributed by atoms with Crippen molar-refractivity contribution < 1.29 is 14.0 Å². The van der Waals surface area contributed by atoms with E-state index in [1.807, 2.05) is 38.3 Å². The van der Waals surface area contributed by atoms with Gasteiger partial charge in [0.1, 0.15) is 11.5 Å². The summed E-state index contributed by atoms with van der Waals surface area (Å²) in [5.74, 6) is 1.15. The maximum atomic E-state index is 12.2. The fraction of sp³-hybridized carbons (Fsp3) is 0.455. The summed E-state index contributed by atoms with van der Waals surface area (Å²) < 4.78 is 5.61. The molecule has 0 aliphatic carbocycles. The van der Waals surface area contributed by atoms with Gasteiger partial charge in [-0.3, -0.25) is 14.5 Å². The van der Waals surface area contributed by atoms with Gasteiger partial charge < -0.3 is 15.1 Å². The summed E-state index contributed by atoms with van der Waals surface area (Å²) in [4.78, 5) is 27.7. The molecule has 1 fully saturated rings. The number of likely N-dealkylation sites (tertiary alicyclic amines) is 1. The second kappa shape index (κ2) is 9.98. The van der Waals surface area contributed by atoms with E-state index < -0.39 is 11.8 Å². The molecule has 0 radical (unpaired) electrons. The monoisotopic (exact) mass is 415 g/mol. The number of carbonyl (C=O) groups excluding carboxylic acids is 2. The van der Waals surface area contributed by atoms with Crippen LogP contribution in [0.2, 0.25) is 0 Å². The Kier molecular flexibility index (Phi) is 7.39. The summed E-state index contributed by atoms with van der Waals surface area (Å²) in [7, 11) is 0. The Bertz CT molecular complexity index is 857. The maximum Gasteiger partial charge on any atom is 0.313 e. The van der Waals surface area contributed by atoms with Gasteiger partial charge in [0, 0.05) is 23.5 Å². The first kappa shape index (κ1) is 21.5. The van der Waals surface area contributed by atoms with Gasteiger partial charge in [-0.15, -0.1) is 11.8 Å². The van der Waals surface area contributed by atoms with Crippen LogP contribution in [0.25, 0.3) is 0 Å². The van der Waals surface area contributed by atoms with Gasteiger partial charge in [-0.2, -0.15) is 0 Å². The van der Waals surface area contributed by atoms with Gasteiger partial charge in [0.15, 0.2) is 0 Å². The third-order valence-corrected chi connectivity index (χ3v) is 6.15. The van der Waals surface area contributed by atoms with Crippen LogP contribution in [-0.4, -0.2) is 42.6 Å². The Labute approximate surface area is 176 Å². The number of nitrogens with zero attached hydrogens (tertiary/aromatic N) is 1. The molecule has 2 heterocycles. The van der Waals surface area contributed by atoms with E-state index in [0.717, 1.165) is 48.9 Å². The van der Waals surface area contributed by atoms with Crippen molar-refractivity contribution in [3.05, 3.63) is 47.4 Å². The number of hydrogen-bond acceptors (Lipinski definition) is 5. The molecule has 156 valence electrons. The third-order valence-electron chi connectivity index (χ3n) is 5.36. The topological polar surface area (TPSA) is 74.6 Å². The Hall–Kier alpha value is -2.25. The standard InChI is InChI=1S/C22H29N3O3S/c1-15-12-18(16(2)28-15)14-25-10-8-17(9-11-25)13-23-21(26)22(27)24-19-6-4-5-7-20(19)29-3/h4-7,12,17H,8-11,13-14H2,1-3H3,(H,23,26)(H,24,27). The minimum atomic E-state index is -0.616. The number of amides is 2. The smallest absolute Gasteiger partial charge is 0.313 e. The molecule has 3 rings (SSSR count). The summed E-state index contributed by atoms with van der Waals surface area (Å²) in [6, 6.07) is 9.57. The molecule has 0 bridgehead atoms. The lowest BCUT2D eigenvalue weighted by atomic mass is 9.96. The van der Waals surface area contributed by atoms with Gasteiger partial charge in [-0.05, 0) is 70.2 Å². The van der Waals surface area contributed by atoms with E-state index in [1.54, 1.807) is 6.07 Å². The number of piperidine rings is 1. The minimum absolute atomic E-state index is 0.397. The minimum Gasteiger partial charge on any atom is -0.466 e. The Morgan fingerprint density at radius 2 is 1.90 bits per heavy atom. The molecule has 2 aromatic rings. The lowest BCUT2D eigenvalue weighted by Crippen LogP contribution is -2.41. The lowest BCUT2D eigenvalue weighted by molar-refractivity contribution is -0.136. The number of aryl methyl sites for hydroxylation is 2. The average molecular weight is 416 g/mol. The first-order chi connectivity index (χ1) is 14.0. The van der Waals surface area contributed by atoms with Crippen molar-refractivity contribution >= 4 is 29.3 Å². The highest BCUT2D eigenvalue weighted by molar-refractivity contribution is 7.98. The molecule has 0 spiro atoms. The molecule has 1 aromatic carbocycles. The average Bonchev–Trinajstić information content (AvgIpc) is 3.04. The lowest BCUT2D eigenvalue weighted by Gasteiger charge is -2.31. The number of furan rings is 1. The van der Waals surface area contributed by atoms with Crippen molar-refractivity contribution in [1.82, 2.24) is 10.2 Å². The summed E-state index contributed by atoms with van der Waals surface area (Å²) in [5.41, 5.74) is 1.91. The Morgan fingerprint density at radius 3 is 2.55 bits per heavy atom. The largest absolute Gasteiger partial charge is 0.466 e. The van der Waals surface area contributed by atoms with Crippen molar-refractivity contribution in [1.29, 1.82) is 0 Å². The number of hydrogen-bond donors (Lipinski definition) is 2. The Morgan fingerprint density at radius 1 is 1.17 bits per heavy atom. The summed E-state index contributed by atoms with van der Waals surface area (Å²) >= 11 is 1.53. The quantitative estimate of drug-likeness (QED) is 0.557. The predicted octanol–water partition coefficient (Wildman–Crippen LogP) is 3.59. The zero-order valence-corrected chi connectivity index (χ0v) is 18.1. The molecular weight excluding hydrogens is 386 g/mol. The first-order valence-electron chi connectivity index (χ1n) is 9.96. The SMILES string of the molecule is CSc1ccccc1NC(=O)C(=O)NCC1CCN(Cc2cc(C)oc2C)CC1. The maximum absolute atomic E-state index is 12.2. The van der Waals surface area contributed by atoms with Gasteiger partial charge in [0.25, 0.3) is 0 Å². The number of nitrogens with one attached hydrogen (secondary N) is 2. The van der Waals surface area contributed by atoms with E-state index >= 15 is 0 Å². The van der Waals surface area contributed by atoms with Crippen LogP contribution in [0.15, 0.2) is 39.6 Å². The molecule has 0 atom stereocenters. The van der Waals surface area contributed by atoms with Crippen LogP contribution in [0.4, 0.5) is 5.69 Å². The van der Waals surface area contributed by atoms with E-state index in [9.17, 15) is 9.59 Å². The zero-order valence-electron chi connectivity index (χ0n) is 17.3. The van der Waals surface area contributed by atoms with E-state index in [-0.39, 0.29) is 0 Å². The van der Waals surface area contributed by atoms with Crippen molar-refractivity contribution in [2.75, 3.05) is 31.2 Å². The molecule has 0 unspecified atom stereocenters. The van der Waals surface area contributed by atoms with Gasteiger partial charge >= 0.3 is 11.8 Å². The molecule has 1 saturated heterocycles. The fourth-order valence-electron chi connectivity index (χ4n) is 3.67. The molecule has 2 amide bonds. The van der Waals surface area contributed by atoms with Crippen LogP contribution in [0.3, 0.4) is 0 Å². The van der Waals surface area contributed by atoms with Crippen LogP contribution in [-0.2, 0) is 16.1 Å². The van der Waals surface area contributed by atoms with Crippen LogP contribution in [0.1, 0.15) is 29.9 Å². The van der Waals surface area contributed by atoms with Gasteiger partial charge in [0.05, 0.1) is 5.69 Å². The van der Waals surface area contributed by atoms with Crippen molar-refractivity contribution in [3.8, 4) is 0 Å². The van der Waals surface area contributed by atoms with Crippen molar-refractivity contribution in [2.24, 2.45) is 5.92 Å². The molecule has 29 heavy (non-hydrogen) atoms. The van der Waals surface area contributed by atoms with Gasteiger partial charge in [-0.1, -0.05) is 12.1 Å². The molecule has 6 nitrogen and oxygen atoms in total. The van der Waals surface area contributed by atoms with Crippen LogP contribution in [0.5, 0.6) is 0 Å². The highest BCUT2D eigenvalue weighted by Gasteiger charge is 2.22. The van der Waals surface area contributed by atoms with E-state index in [4.69, 9.17) is 4.42 Å². The Balaban J connectivity index is 1.41. The normalized spacial score (nSPS) is 15.3. The van der Waals surface area contributed by atoms with Crippen LogP contribution < -0.4 is 10.6 Å². The van der Waals surface area contributed by atoms with Crippen LogP contribution >= 0.6 is 11.8 Å². The molecule has 7 heteroatoms. The highest BCUT2D eigenvalue weighted by atomic mass is 32.2. The molecule has 2 N–H and O–H groups in total. The molecule has 1 aliphatic rings. The summed E-state index contributed by atoms with van der Waals surface area (Å²) in [6.07, 6.45) is 3.95. The number of thioether (sulfide) groups is 1. The van der Waals surface area contributed by atoms with Crippen molar-refractivity contribution in [3.63, 3.8) is 0 Å². The number of rotatable bonds is 6. The van der Waals surface area contributed by atoms with E-state index in [2.05, 4.69) is 21.6 Å². The summed E-state index contributed by atoms with van der Waals surface area (Å²) in [6.45, 7) is 7.39. The van der Waals surface area contributed by atoms with E-state index in [1.165, 1.54) is 17.3 Å². The van der Waals surface area contributed by atoms with Gasteiger partial charge in [-0.25, -0.2) is 0 Å². The number of para-hydroxylation sites is 1. The van der Waals surface area contributed by atoms with Crippen molar-refractivity contribution in [2.45, 2.75) is 38.1 Å². The molecule has 1 aliphatic heterocycles. The number of anilines is 1. The predicted molar refractivity (Wildman–Crippen MR) is 116 cm³/mol. The second-order valence-electron chi connectivity index (χ2n) is 7.52. The molecule has 1 aromatic heterocycles. The highest BCUT2D eigenvalue weighted by Crippen LogP contribution is 2.24. The second-order valence-corrected chi connectivity index (χ2v) is 8.37. The fourth-order valence-corrected chi connectivity index (χ4v) is 4.23. The molecular formula is C22H29N3O3S. The zero-order chi connectivity index (χ0) is 20.8. The number of benzene rings is 1. The molecule has 0 saturated carbocycles. The van der Waals surface area contributed by atoms with E-state index in [0.29, 0.717) is 18.2 Å². The third kappa shape index (κ3) is 5.87. The first-order valence-corrected chi connectivity index (χ1v) is 11.2.